The second kappa shape index (κ2) is 7.93. The third-order valence-corrected chi connectivity index (χ3v) is 3.87. The van der Waals surface area contributed by atoms with Crippen LogP contribution in [0.25, 0.3) is 0 Å². The molecular weight excluding hydrogens is 300 g/mol. The van der Waals surface area contributed by atoms with Crippen molar-refractivity contribution in [2.24, 2.45) is 5.10 Å². The van der Waals surface area contributed by atoms with E-state index in [0.29, 0.717) is 0 Å². The largest absolute Gasteiger partial charge is 0.769 e. The fourth-order valence-electron chi connectivity index (χ4n) is 2.62. The molecule has 8 heteroatoms. The van der Waals surface area contributed by atoms with Crippen LogP contribution in [0.4, 0.5) is 17.1 Å². The summed E-state index contributed by atoms with van der Waals surface area (Å²) in [5, 5.41) is 43.3. The summed E-state index contributed by atoms with van der Waals surface area (Å²) >= 11 is 0. The highest BCUT2D eigenvalue weighted by atomic mass is 16.8. The minimum absolute atomic E-state index is 0.148. The molecule has 0 saturated heterocycles. The molecule has 0 atom stereocenters. The Hall–Kier alpha value is -2.13. The first-order chi connectivity index (χ1) is 11.0. The molecule has 0 aliphatic heterocycles. The summed E-state index contributed by atoms with van der Waals surface area (Å²) in [6.07, 6.45) is 7.13. The van der Waals surface area contributed by atoms with Gasteiger partial charge in [0.1, 0.15) is 5.69 Å². The van der Waals surface area contributed by atoms with Gasteiger partial charge in [0.25, 0.3) is 0 Å². The Kier molecular flexibility index (Phi) is 5.94. The molecule has 0 radical (unpaired) electrons. The first kappa shape index (κ1) is 17.2. The average Bonchev–Trinajstić information content (AvgIpc) is 2.55. The molecule has 0 fully saturated rings. The first-order valence-electron chi connectivity index (χ1n) is 7.49. The van der Waals surface area contributed by atoms with E-state index in [4.69, 9.17) is 0 Å². The van der Waals surface area contributed by atoms with E-state index in [-0.39, 0.29) is 22.3 Å². The van der Waals surface area contributed by atoms with Gasteiger partial charge in [-0.15, -0.1) is 5.23 Å². The van der Waals surface area contributed by atoms with Crippen LogP contribution >= 0.6 is 0 Å². The van der Waals surface area contributed by atoms with Gasteiger partial charge in [-0.2, -0.15) is 5.10 Å². The molecule has 126 valence electrons. The number of allylic oxidation sites excluding steroid dienone is 2. The van der Waals surface area contributed by atoms with E-state index in [1.807, 2.05) is 0 Å². The summed E-state index contributed by atoms with van der Waals surface area (Å²) in [6.45, 7) is 2.12. The number of anilines is 3. The standard InChI is InChI=1S/C15H20N4O4/c1-2-11-5-3-4-6-12(11)10-16-17-14-8-7-13(18(20)21)9-15(14)19(22)23/h7-10,17,22-23H,2-6H2,1H3/q-2. The van der Waals surface area contributed by atoms with Crippen LogP contribution in [0.1, 0.15) is 39.0 Å². The van der Waals surface area contributed by atoms with E-state index in [1.54, 1.807) is 6.21 Å². The molecule has 0 heterocycles. The van der Waals surface area contributed by atoms with Gasteiger partial charge >= 0.3 is 0 Å². The molecule has 0 amide bonds. The topological polar surface area (TPSA) is 117 Å². The van der Waals surface area contributed by atoms with Crippen molar-refractivity contribution in [1.82, 2.24) is 0 Å². The molecule has 0 bridgehead atoms. The van der Waals surface area contributed by atoms with Crippen LogP contribution < -0.4 is 15.9 Å². The highest BCUT2D eigenvalue weighted by Crippen LogP contribution is 2.30. The van der Waals surface area contributed by atoms with Crippen LogP contribution in [-0.2, 0) is 0 Å². The van der Waals surface area contributed by atoms with E-state index >= 15 is 0 Å². The van der Waals surface area contributed by atoms with Crippen molar-refractivity contribution in [3.8, 4) is 0 Å². The Morgan fingerprint density at radius 1 is 1.26 bits per heavy atom. The molecule has 1 aliphatic rings. The zero-order valence-corrected chi connectivity index (χ0v) is 12.9. The zero-order valence-electron chi connectivity index (χ0n) is 12.9. The van der Waals surface area contributed by atoms with Gasteiger partial charge in [0.05, 0.1) is 11.9 Å². The van der Waals surface area contributed by atoms with Crippen LogP contribution in [0.2, 0.25) is 0 Å². The molecule has 3 N–H and O–H groups in total. The highest BCUT2D eigenvalue weighted by Gasteiger charge is 2.10. The van der Waals surface area contributed by atoms with E-state index in [9.17, 15) is 20.8 Å². The molecule has 0 saturated carbocycles. The van der Waals surface area contributed by atoms with Crippen LogP contribution in [-0.4, -0.2) is 16.6 Å². The molecule has 1 aromatic rings. The lowest BCUT2D eigenvalue weighted by molar-refractivity contribution is 0.0295. The van der Waals surface area contributed by atoms with Gasteiger partial charge in [-0.25, -0.2) is 0 Å². The minimum Gasteiger partial charge on any atom is -0.769 e. The quantitative estimate of drug-likeness (QED) is 0.539. The van der Waals surface area contributed by atoms with Gasteiger partial charge in [0, 0.05) is 5.69 Å². The summed E-state index contributed by atoms with van der Waals surface area (Å²) < 4.78 is 0. The maximum Gasteiger partial charge on any atom is 0.121 e. The van der Waals surface area contributed by atoms with Crippen molar-refractivity contribution in [3.05, 3.63) is 39.8 Å². The molecule has 1 aliphatic carbocycles. The van der Waals surface area contributed by atoms with Crippen LogP contribution in [0.3, 0.4) is 0 Å². The van der Waals surface area contributed by atoms with Crippen molar-refractivity contribution in [1.29, 1.82) is 0 Å². The Morgan fingerprint density at radius 2 is 2.00 bits per heavy atom. The van der Waals surface area contributed by atoms with Crippen molar-refractivity contribution in [3.63, 3.8) is 0 Å². The van der Waals surface area contributed by atoms with E-state index in [1.165, 1.54) is 29.7 Å². The number of nitrogens with one attached hydrogen (secondary N) is 1. The molecule has 0 aromatic heterocycles. The summed E-state index contributed by atoms with van der Waals surface area (Å²) in [7, 11) is 0. The maximum absolute atomic E-state index is 10.7. The summed E-state index contributed by atoms with van der Waals surface area (Å²) in [5.41, 5.74) is 5.15. The molecule has 23 heavy (non-hydrogen) atoms. The monoisotopic (exact) mass is 320 g/mol. The summed E-state index contributed by atoms with van der Waals surface area (Å²) in [6, 6.07) is 3.69. The van der Waals surface area contributed by atoms with Crippen LogP contribution in [0.5, 0.6) is 0 Å². The Bertz CT molecular complexity index is 599. The second-order valence-corrected chi connectivity index (χ2v) is 5.31. The van der Waals surface area contributed by atoms with E-state index < -0.39 is 5.23 Å². The molecule has 0 spiro atoms. The second-order valence-electron chi connectivity index (χ2n) is 5.31. The van der Waals surface area contributed by atoms with Gasteiger partial charge < -0.3 is 15.6 Å². The Balaban J connectivity index is 2.16. The average molecular weight is 320 g/mol. The maximum atomic E-state index is 10.7. The number of hydrogen-bond acceptors (Lipinski definition) is 8. The first-order valence-corrected chi connectivity index (χ1v) is 7.49. The molecule has 1 aromatic carbocycles. The van der Waals surface area contributed by atoms with Crippen LogP contribution in [0, 0.1) is 10.4 Å². The predicted molar refractivity (Wildman–Crippen MR) is 89.6 cm³/mol. The molecule has 2 rings (SSSR count). The number of nitrogens with zero attached hydrogens (tertiary/aromatic N) is 3. The predicted octanol–water partition coefficient (Wildman–Crippen LogP) is 3.75. The number of rotatable bonds is 6. The van der Waals surface area contributed by atoms with E-state index in [0.717, 1.165) is 31.7 Å². The number of hydrogen-bond donors (Lipinski definition) is 3. The minimum atomic E-state index is -0.611. The number of hydrazone groups is 1. The van der Waals surface area contributed by atoms with Gasteiger partial charge in [-0.05, 0) is 55.9 Å². The molecule has 0 unspecified atom stereocenters. The SMILES string of the molecule is CCC1=C(C=NNc2ccc(N([O-])[O-])cc2N(O)O)CCCC1. The zero-order chi connectivity index (χ0) is 16.8. The third kappa shape index (κ3) is 4.42. The number of benzene rings is 1. The van der Waals surface area contributed by atoms with Crippen molar-refractivity contribution in [2.75, 3.05) is 15.9 Å². The van der Waals surface area contributed by atoms with Gasteiger partial charge in [0.2, 0.25) is 0 Å². The normalized spacial score (nSPS) is 15.2. The lowest BCUT2D eigenvalue weighted by Gasteiger charge is -2.37. The van der Waals surface area contributed by atoms with Gasteiger partial charge in [-0.1, -0.05) is 12.5 Å². The smallest absolute Gasteiger partial charge is 0.121 e. The third-order valence-electron chi connectivity index (χ3n) is 3.87. The van der Waals surface area contributed by atoms with Crippen molar-refractivity contribution in [2.45, 2.75) is 39.0 Å². The van der Waals surface area contributed by atoms with Crippen molar-refractivity contribution >= 4 is 23.3 Å². The summed E-state index contributed by atoms with van der Waals surface area (Å²) in [4.78, 5) is 0. The molecular formula is C15H20N4O4-2. The summed E-state index contributed by atoms with van der Waals surface area (Å²) in [5.74, 6) is 0. The highest BCUT2D eigenvalue weighted by molar-refractivity contribution is 5.81. The van der Waals surface area contributed by atoms with Crippen molar-refractivity contribution < 1.29 is 10.4 Å². The fraction of sp³-hybridized carbons (Fsp3) is 0.400. The molecule has 8 nitrogen and oxygen atoms in total. The fourth-order valence-corrected chi connectivity index (χ4v) is 2.62. The van der Waals surface area contributed by atoms with E-state index in [2.05, 4.69) is 17.5 Å². The van der Waals surface area contributed by atoms with Gasteiger partial charge in [-0.3, -0.25) is 15.8 Å². The van der Waals surface area contributed by atoms with Crippen LogP contribution in [0.15, 0.2) is 34.4 Å². The Morgan fingerprint density at radius 3 is 2.65 bits per heavy atom. The lowest BCUT2D eigenvalue weighted by atomic mass is 9.91. The van der Waals surface area contributed by atoms with Gasteiger partial charge in [0.15, 0.2) is 0 Å². The lowest BCUT2D eigenvalue weighted by Crippen LogP contribution is -2.14. The Labute approximate surface area is 134 Å².